The van der Waals surface area contributed by atoms with Gasteiger partial charge in [-0.1, -0.05) is 34.6 Å². The summed E-state index contributed by atoms with van der Waals surface area (Å²) in [6, 6.07) is 1.36. The normalized spacial score (nSPS) is 16.3. The van der Waals surface area contributed by atoms with E-state index in [2.05, 4.69) is 65.3 Å². The van der Waals surface area contributed by atoms with Gasteiger partial charge in [-0.3, -0.25) is 5.32 Å². The monoisotopic (exact) mass is 392 g/mol. The third-order valence-corrected chi connectivity index (χ3v) is 9.07. The highest BCUT2D eigenvalue weighted by atomic mass is 28.4. The van der Waals surface area contributed by atoms with Gasteiger partial charge >= 0.3 is 0 Å². The molecule has 0 aromatic carbocycles. The second-order valence-corrected chi connectivity index (χ2v) is 14.4. The molecular weight excluding hydrogens is 344 g/mol. The van der Waals surface area contributed by atoms with Crippen LogP contribution >= 0.6 is 0 Å². The smallest absolute Gasteiger partial charge is 0.191 e. The van der Waals surface area contributed by atoms with E-state index < -0.39 is 20.6 Å². The van der Waals surface area contributed by atoms with Crippen molar-refractivity contribution in [2.24, 2.45) is 0 Å². The molecule has 0 aromatic heterocycles. The fourth-order valence-electron chi connectivity index (χ4n) is 2.14. The predicted molar refractivity (Wildman–Crippen MR) is 116 cm³/mol. The van der Waals surface area contributed by atoms with Crippen LogP contribution in [0.15, 0.2) is 0 Å². The lowest BCUT2D eigenvalue weighted by molar-refractivity contribution is 0.0630. The molecule has 160 valence electrons. The van der Waals surface area contributed by atoms with Crippen LogP contribution < -0.4 is 10.6 Å². The van der Waals surface area contributed by atoms with Gasteiger partial charge in [0.2, 0.25) is 0 Å². The molecule has 4 N–H and O–H groups in total. The molecule has 0 fully saturated rings. The van der Waals surface area contributed by atoms with Crippen molar-refractivity contribution in [2.75, 3.05) is 6.61 Å². The fourth-order valence-corrected chi connectivity index (χ4v) is 3.20. The highest BCUT2D eigenvalue weighted by molar-refractivity contribution is 6.74. The van der Waals surface area contributed by atoms with Crippen LogP contribution in [0.3, 0.4) is 0 Å². The summed E-state index contributed by atoms with van der Waals surface area (Å²) in [5.74, 6) is 0. The Bertz CT molecular complexity index is 332. The summed E-state index contributed by atoms with van der Waals surface area (Å²) in [5, 5.41) is 24.6. The van der Waals surface area contributed by atoms with Crippen molar-refractivity contribution in [3.8, 4) is 0 Å². The Labute approximate surface area is 164 Å². The van der Waals surface area contributed by atoms with E-state index in [-0.39, 0.29) is 6.04 Å². The van der Waals surface area contributed by atoms with Crippen molar-refractivity contribution in [1.29, 1.82) is 0 Å². The zero-order valence-electron chi connectivity index (χ0n) is 19.3. The van der Waals surface area contributed by atoms with Gasteiger partial charge in [0.15, 0.2) is 8.32 Å². The Morgan fingerprint density at radius 1 is 0.885 bits per heavy atom. The molecule has 0 heterocycles. The average Bonchev–Trinajstić information content (AvgIpc) is 2.34. The lowest BCUT2D eigenvalue weighted by Crippen LogP contribution is -2.42. The van der Waals surface area contributed by atoms with Crippen molar-refractivity contribution in [2.45, 2.75) is 124 Å². The van der Waals surface area contributed by atoms with E-state index in [0.29, 0.717) is 23.5 Å². The Kier molecular flexibility index (Phi) is 14.4. The molecule has 0 saturated carbocycles. The molecule has 0 radical (unpaired) electrons. The summed E-state index contributed by atoms with van der Waals surface area (Å²) in [4.78, 5) is 0. The molecule has 3 unspecified atom stereocenters. The SMILES string of the molecule is CC(C)NC(C)CCO[Si](C)(C)C(C)(C)C.CC(O)CC(O)NC(C)C. The first-order valence-corrected chi connectivity index (χ1v) is 13.0. The molecule has 0 aliphatic heterocycles. The summed E-state index contributed by atoms with van der Waals surface area (Å²) < 4.78 is 6.15. The molecule has 0 amide bonds. The van der Waals surface area contributed by atoms with Crippen LogP contribution in [0.25, 0.3) is 0 Å². The first-order valence-electron chi connectivity index (χ1n) is 10.1. The maximum atomic E-state index is 9.12. The Morgan fingerprint density at radius 3 is 1.69 bits per heavy atom. The van der Waals surface area contributed by atoms with Crippen LogP contribution in [0.4, 0.5) is 0 Å². The Hall–Kier alpha value is 0.0169. The number of aliphatic hydroxyl groups is 2. The van der Waals surface area contributed by atoms with Gasteiger partial charge in [-0.2, -0.15) is 0 Å². The molecule has 26 heavy (non-hydrogen) atoms. The number of aliphatic hydroxyl groups excluding tert-OH is 2. The lowest BCUT2D eigenvalue weighted by Gasteiger charge is -2.36. The molecule has 0 aliphatic rings. The molecule has 3 atom stereocenters. The zero-order valence-corrected chi connectivity index (χ0v) is 20.3. The van der Waals surface area contributed by atoms with Gasteiger partial charge in [-0.05, 0) is 52.2 Å². The van der Waals surface area contributed by atoms with E-state index in [1.54, 1.807) is 6.92 Å². The van der Waals surface area contributed by atoms with Crippen molar-refractivity contribution < 1.29 is 14.6 Å². The van der Waals surface area contributed by atoms with Crippen LogP contribution in [0.2, 0.25) is 18.1 Å². The molecule has 0 saturated heterocycles. The van der Waals surface area contributed by atoms with E-state index >= 15 is 0 Å². The standard InChI is InChI=1S/C13H31NOSi.C7H17NO2/c1-11(2)14-12(3)9-10-15-16(7,8)13(4,5)6;1-5(2)8-7(10)4-6(3)9/h11-12,14H,9-10H2,1-8H3;5-10H,4H2,1-3H3. The summed E-state index contributed by atoms with van der Waals surface area (Å²) in [6.45, 7) is 24.5. The van der Waals surface area contributed by atoms with Gasteiger partial charge in [0.25, 0.3) is 0 Å². The fraction of sp³-hybridized carbons (Fsp3) is 1.00. The average molecular weight is 393 g/mol. The molecule has 0 aromatic rings. The van der Waals surface area contributed by atoms with Crippen molar-refractivity contribution >= 4 is 8.32 Å². The van der Waals surface area contributed by atoms with Gasteiger partial charge in [-0.25, -0.2) is 0 Å². The largest absolute Gasteiger partial charge is 0.417 e. The van der Waals surface area contributed by atoms with Crippen LogP contribution in [0.5, 0.6) is 0 Å². The van der Waals surface area contributed by atoms with Crippen LogP contribution in [-0.2, 0) is 4.43 Å². The molecule has 0 aliphatic carbocycles. The molecule has 0 rings (SSSR count). The minimum Gasteiger partial charge on any atom is -0.417 e. The zero-order chi connectivity index (χ0) is 21.1. The molecule has 0 bridgehead atoms. The highest BCUT2D eigenvalue weighted by Crippen LogP contribution is 2.36. The van der Waals surface area contributed by atoms with Gasteiger partial charge in [0.1, 0.15) is 6.23 Å². The molecule has 0 spiro atoms. The summed E-state index contributed by atoms with van der Waals surface area (Å²) in [5.41, 5.74) is 0. The molecule has 5 nitrogen and oxygen atoms in total. The van der Waals surface area contributed by atoms with Crippen LogP contribution in [0, 0.1) is 0 Å². The minimum atomic E-state index is -1.54. The van der Waals surface area contributed by atoms with Crippen LogP contribution in [0.1, 0.15) is 75.2 Å². The van der Waals surface area contributed by atoms with Gasteiger partial charge in [0, 0.05) is 31.2 Å². The van der Waals surface area contributed by atoms with E-state index in [1.165, 1.54) is 0 Å². The topological polar surface area (TPSA) is 73.8 Å². The second-order valence-electron chi connectivity index (χ2n) is 9.54. The predicted octanol–water partition coefficient (Wildman–Crippen LogP) is 3.86. The summed E-state index contributed by atoms with van der Waals surface area (Å²) in [7, 11) is -1.54. The Morgan fingerprint density at radius 2 is 1.35 bits per heavy atom. The van der Waals surface area contributed by atoms with E-state index in [0.717, 1.165) is 13.0 Å². The third kappa shape index (κ3) is 16.2. The number of hydrogen-bond donors (Lipinski definition) is 4. The van der Waals surface area contributed by atoms with Gasteiger partial charge < -0.3 is 20.0 Å². The van der Waals surface area contributed by atoms with E-state index in [1.807, 2.05) is 13.8 Å². The van der Waals surface area contributed by atoms with Crippen LogP contribution in [-0.4, -0.2) is 55.6 Å². The minimum absolute atomic E-state index is 0.258. The number of rotatable bonds is 10. The first kappa shape index (κ1) is 28.2. The molecular formula is C20H48N2O3Si. The quantitative estimate of drug-likeness (QED) is 0.336. The maximum absolute atomic E-state index is 9.12. The van der Waals surface area contributed by atoms with Gasteiger partial charge in [-0.15, -0.1) is 0 Å². The Balaban J connectivity index is 0. The van der Waals surface area contributed by atoms with Crippen molar-refractivity contribution in [3.05, 3.63) is 0 Å². The number of hydrogen-bond acceptors (Lipinski definition) is 5. The van der Waals surface area contributed by atoms with Crippen molar-refractivity contribution in [3.63, 3.8) is 0 Å². The van der Waals surface area contributed by atoms with E-state index in [9.17, 15) is 0 Å². The first-order chi connectivity index (χ1) is 11.6. The van der Waals surface area contributed by atoms with Crippen molar-refractivity contribution in [1.82, 2.24) is 10.6 Å². The lowest BCUT2D eigenvalue weighted by atomic mass is 10.2. The highest BCUT2D eigenvalue weighted by Gasteiger charge is 2.36. The van der Waals surface area contributed by atoms with E-state index in [4.69, 9.17) is 14.6 Å². The summed E-state index contributed by atoms with van der Waals surface area (Å²) in [6.07, 6.45) is 0.462. The second kappa shape index (κ2) is 13.2. The summed E-state index contributed by atoms with van der Waals surface area (Å²) >= 11 is 0. The third-order valence-electron chi connectivity index (χ3n) is 4.53. The molecule has 6 heteroatoms. The number of nitrogens with one attached hydrogen (secondary N) is 2. The maximum Gasteiger partial charge on any atom is 0.191 e. The van der Waals surface area contributed by atoms with Gasteiger partial charge in [0.05, 0.1) is 6.10 Å².